The number of carbonyl (C=O) groups is 1. The van der Waals surface area contributed by atoms with E-state index < -0.39 is 0 Å². The molecule has 6 heteroatoms. The van der Waals surface area contributed by atoms with E-state index in [4.69, 9.17) is 0 Å². The van der Waals surface area contributed by atoms with E-state index >= 15 is 0 Å². The molecule has 1 aliphatic heterocycles. The molecule has 1 saturated heterocycles. The highest BCUT2D eigenvalue weighted by Crippen LogP contribution is 2.30. The molecule has 1 unspecified atom stereocenters. The maximum atomic E-state index is 12.4. The van der Waals surface area contributed by atoms with Gasteiger partial charge >= 0.3 is 0 Å². The van der Waals surface area contributed by atoms with Crippen LogP contribution >= 0.6 is 0 Å². The van der Waals surface area contributed by atoms with Gasteiger partial charge in [0.2, 0.25) is 5.91 Å². The van der Waals surface area contributed by atoms with Crippen molar-refractivity contribution in [2.45, 2.75) is 38.6 Å². The molecule has 2 fully saturated rings. The number of rotatable bonds is 3. The standard InChI is InChI=1S/C17H23N5O/c1-11-14-7-8-18-16(15(14)21(2)20-11)22-9-3-4-12(10-22)17(23)19-13-5-6-13/h7-8,12-13H,3-6,9-10H2,1-2H3,(H,19,23). The predicted octanol–water partition coefficient (Wildman–Crippen LogP) is 1.77. The van der Waals surface area contributed by atoms with Crippen LogP contribution in [0.15, 0.2) is 12.3 Å². The minimum Gasteiger partial charge on any atom is -0.354 e. The van der Waals surface area contributed by atoms with Gasteiger partial charge in [0.25, 0.3) is 0 Å². The summed E-state index contributed by atoms with van der Waals surface area (Å²) < 4.78 is 1.90. The van der Waals surface area contributed by atoms with Gasteiger partial charge in [-0.15, -0.1) is 0 Å². The van der Waals surface area contributed by atoms with Gasteiger partial charge in [0.1, 0.15) is 5.52 Å². The number of anilines is 1. The third-order valence-electron chi connectivity index (χ3n) is 4.93. The van der Waals surface area contributed by atoms with Gasteiger partial charge in [-0.1, -0.05) is 0 Å². The third-order valence-corrected chi connectivity index (χ3v) is 4.93. The molecule has 1 atom stereocenters. The number of amides is 1. The number of hydrogen-bond acceptors (Lipinski definition) is 4. The molecular weight excluding hydrogens is 290 g/mol. The molecular formula is C17H23N5O. The number of nitrogens with zero attached hydrogens (tertiary/aromatic N) is 4. The Morgan fingerprint density at radius 1 is 1.35 bits per heavy atom. The van der Waals surface area contributed by atoms with Gasteiger partial charge in [-0.2, -0.15) is 5.10 Å². The van der Waals surface area contributed by atoms with Crippen molar-refractivity contribution in [3.63, 3.8) is 0 Å². The molecule has 122 valence electrons. The van der Waals surface area contributed by atoms with Crippen LogP contribution in [-0.2, 0) is 11.8 Å². The molecule has 2 aliphatic rings. The number of fused-ring (bicyclic) bond motifs is 1. The second-order valence-electron chi connectivity index (χ2n) is 6.81. The molecule has 6 nitrogen and oxygen atoms in total. The second-order valence-corrected chi connectivity index (χ2v) is 6.81. The Morgan fingerprint density at radius 2 is 2.17 bits per heavy atom. The molecule has 2 aromatic heterocycles. The van der Waals surface area contributed by atoms with E-state index in [1.807, 2.05) is 30.9 Å². The fourth-order valence-electron chi connectivity index (χ4n) is 3.54. The van der Waals surface area contributed by atoms with Crippen molar-refractivity contribution in [2.24, 2.45) is 13.0 Å². The highest BCUT2D eigenvalue weighted by Gasteiger charge is 2.31. The van der Waals surface area contributed by atoms with Crippen LogP contribution in [0.3, 0.4) is 0 Å². The lowest BCUT2D eigenvalue weighted by Crippen LogP contribution is -2.44. The van der Waals surface area contributed by atoms with Crippen LogP contribution in [-0.4, -0.2) is 39.8 Å². The van der Waals surface area contributed by atoms with Crippen LogP contribution in [0.4, 0.5) is 5.82 Å². The number of hydrogen-bond donors (Lipinski definition) is 1. The van der Waals surface area contributed by atoms with Crippen LogP contribution < -0.4 is 10.2 Å². The first-order chi connectivity index (χ1) is 11.1. The zero-order chi connectivity index (χ0) is 16.0. The van der Waals surface area contributed by atoms with Crippen LogP contribution in [0.5, 0.6) is 0 Å². The first-order valence-electron chi connectivity index (χ1n) is 8.47. The fraction of sp³-hybridized carbons (Fsp3) is 0.588. The fourth-order valence-corrected chi connectivity index (χ4v) is 3.54. The monoisotopic (exact) mass is 313 g/mol. The highest BCUT2D eigenvalue weighted by molar-refractivity contribution is 5.91. The summed E-state index contributed by atoms with van der Waals surface area (Å²) in [5.74, 6) is 1.23. The molecule has 4 rings (SSSR count). The number of aromatic nitrogens is 3. The summed E-state index contributed by atoms with van der Waals surface area (Å²) in [7, 11) is 1.96. The predicted molar refractivity (Wildman–Crippen MR) is 89.3 cm³/mol. The van der Waals surface area contributed by atoms with Crippen molar-refractivity contribution < 1.29 is 4.79 Å². The number of piperidine rings is 1. The number of pyridine rings is 1. The van der Waals surface area contributed by atoms with Crippen molar-refractivity contribution in [2.75, 3.05) is 18.0 Å². The molecule has 23 heavy (non-hydrogen) atoms. The zero-order valence-corrected chi connectivity index (χ0v) is 13.7. The van der Waals surface area contributed by atoms with Gasteiger partial charge in [0.15, 0.2) is 5.82 Å². The quantitative estimate of drug-likeness (QED) is 0.938. The van der Waals surface area contributed by atoms with E-state index in [9.17, 15) is 4.79 Å². The van der Waals surface area contributed by atoms with Gasteiger partial charge in [-0.25, -0.2) is 4.98 Å². The van der Waals surface area contributed by atoms with Crippen molar-refractivity contribution in [3.8, 4) is 0 Å². The molecule has 0 radical (unpaired) electrons. The Bertz CT molecular complexity index is 749. The van der Waals surface area contributed by atoms with Gasteiger partial charge in [0.05, 0.1) is 11.6 Å². The molecule has 1 saturated carbocycles. The van der Waals surface area contributed by atoms with Crippen molar-refractivity contribution in [1.82, 2.24) is 20.1 Å². The molecule has 0 bridgehead atoms. The summed E-state index contributed by atoms with van der Waals surface area (Å²) in [6.45, 7) is 3.71. The van der Waals surface area contributed by atoms with E-state index in [0.717, 1.165) is 61.2 Å². The topological polar surface area (TPSA) is 63.1 Å². The Morgan fingerprint density at radius 3 is 2.96 bits per heavy atom. The molecule has 1 amide bonds. The van der Waals surface area contributed by atoms with Gasteiger partial charge in [0, 0.05) is 37.8 Å². The minimum atomic E-state index is 0.0655. The average molecular weight is 313 g/mol. The Hall–Kier alpha value is -2.11. The van der Waals surface area contributed by atoms with E-state index in [0.29, 0.717) is 6.04 Å². The van der Waals surface area contributed by atoms with Crippen LogP contribution in [0.1, 0.15) is 31.4 Å². The average Bonchev–Trinajstić information content (AvgIpc) is 3.33. The molecule has 1 aliphatic carbocycles. The molecule has 1 N–H and O–H groups in total. The summed E-state index contributed by atoms with van der Waals surface area (Å²) >= 11 is 0. The summed E-state index contributed by atoms with van der Waals surface area (Å²) in [5.41, 5.74) is 2.08. The van der Waals surface area contributed by atoms with E-state index in [2.05, 4.69) is 20.3 Å². The largest absolute Gasteiger partial charge is 0.354 e. The molecule has 2 aromatic rings. The first-order valence-corrected chi connectivity index (χ1v) is 8.47. The minimum absolute atomic E-state index is 0.0655. The maximum Gasteiger partial charge on any atom is 0.225 e. The molecule has 0 spiro atoms. The summed E-state index contributed by atoms with van der Waals surface area (Å²) in [6.07, 6.45) is 6.11. The van der Waals surface area contributed by atoms with Crippen molar-refractivity contribution in [1.29, 1.82) is 0 Å². The number of carbonyl (C=O) groups excluding carboxylic acids is 1. The van der Waals surface area contributed by atoms with E-state index in [1.54, 1.807) is 0 Å². The molecule has 0 aromatic carbocycles. The number of aryl methyl sites for hydroxylation is 2. The molecule has 3 heterocycles. The number of nitrogens with one attached hydrogen (secondary N) is 1. The van der Waals surface area contributed by atoms with Crippen molar-refractivity contribution >= 4 is 22.6 Å². The second kappa shape index (κ2) is 5.51. The lowest BCUT2D eigenvalue weighted by molar-refractivity contribution is -0.125. The summed E-state index contributed by atoms with van der Waals surface area (Å²) in [5, 5.41) is 8.80. The van der Waals surface area contributed by atoms with Gasteiger partial charge in [-0.05, 0) is 38.7 Å². The van der Waals surface area contributed by atoms with Crippen molar-refractivity contribution in [3.05, 3.63) is 18.0 Å². The zero-order valence-electron chi connectivity index (χ0n) is 13.7. The normalized spacial score (nSPS) is 21.7. The van der Waals surface area contributed by atoms with Crippen LogP contribution in [0.2, 0.25) is 0 Å². The van der Waals surface area contributed by atoms with Gasteiger partial charge < -0.3 is 10.2 Å². The van der Waals surface area contributed by atoms with Gasteiger partial charge in [-0.3, -0.25) is 9.48 Å². The Labute approximate surface area is 135 Å². The lowest BCUT2D eigenvalue weighted by Gasteiger charge is -2.33. The highest BCUT2D eigenvalue weighted by atomic mass is 16.2. The smallest absolute Gasteiger partial charge is 0.225 e. The SMILES string of the molecule is Cc1nn(C)c2c(N3CCCC(C(=O)NC4CC4)C3)nccc12. The van der Waals surface area contributed by atoms with Crippen LogP contribution in [0.25, 0.3) is 10.9 Å². The summed E-state index contributed by atoms with van der Waals surface area (Å²) in [6, 6.07) is 2.45. The third kappa shape index (κ3) is 2.66. The maximum absolute atomic E-state index is 12.4. The first kappa shape index (κ1) is 14.5. The Kier molecular flexibility index (Phi) is 3.47. The van der Waals surface area contributed by atoms with E-state index in [1.165, 1.54) is 0 Å². The van der Waals surface area contributed by atoms with E-state index in [-0.39, 0.29) is 11.8 Å². The summed E-state index contributed by atoms with van der Waals surface area (Å²) in [4.78, 5) is 19.2. The Balaban J connectivity index is 1.61. The van der Waals surface area contributed by atoms with Crippen LogP contribution in [0, 0.1) is 12.8 Å². The lowest BCUT2D eigenvalue weighted by atomic mass is 9.97.